The van der Waals surface area contributed by atoms with Crippen molar-refractivity contribution in [1.82, 2.24) is 5.32 Å². The number of hydrogen-bond acceptors (Lipinski definition) is 2. The quantitative estimate of drug-likeness (QED) is 0.905. The molecule has 2 nitrogen and oxygen atoms in total. The largest absolute Gasteiger partial charge is 0.496 e. The summed E-state index contributed by atoms with van der Waals surface area (Å²) in [4.78, 5) is 0. The van der Waals surface area contributed by atoms with Gasteiger partial charge < -0.3 is 10.1 Å². The van der Waals surface area contributed by atoms with Crippen LogP contribution in [0.15, 0.2) is 18.2 Å². The first-order valence-electron chi connectivity index (χ1n) is 6.58. The molecule has 0 saturated carbocycles. The summed E-state index contributed by atoms with van der Waals surface area (Å²) < 4.78 is 5.44. The van der Waals surface area contributed by atoms with Gasteiger partial charge in [0.25, 0.3) is 0 Å². The maximum Gasteiger partial charge on any atom is 0.122 e. The van der Waals surface area contributed by atoms with E-state index in [0.717, 1.165) is 25.1 Å². The second kappa shape index (κ2) is 6.44. The Kier molecular flexibility index (Phi) is 5.48. The molecule has 1 aliphatic carbocycles. The van der Waals surface area contributed by atoms with Crippen LogP contribution in [0.3, 0.4) is 0 Å². The van der Waals surface area contributed by atoms with Crippen molar-refractivity contribution < 1.29 is 4.74 Å². The lowest BCUT2D eigenvalue weighted by Gasteiger charge is -2.36. The molecule has 18 heavy (non-hydrogen) atoms. The third kappa shape index (κ3) is 3.18. The molecule has 102 valence electrons. The van der Waals surface area contributed by atoms with Gasteiger partial charge in [-0.2, -0.15) is 0 Å². The second-order valence-corrected chi connectivity index (χ2v) is 5.26. The molecule has 1 aliphatic rings. The van der Waals surface area contributed by atoms with E-state index in [-0.39, 0.29) is 17.9 Å². The molecule has 3 heteroatoms. The first kappa shape index (κ1) is 15.3. The van der Waals surface area contributed by atoms with Gasteiger partial charge in [-0.05, 0) is 56.3 Å². The van der Waals surface area contributed by atoms with Crippen molar-refractivity contribution >= 4 is 12.4 Å². The highest BCUT2D eigenvalue weighted by molar-refractivity contribution is 5.85. The molecule has 0 fully saturated rings. The lowest BCUT2D eigenvalue weighted by atomic mass is 9.79. The Labute approximate surface area is 117 Å². The first-order chi connectivity index (χ1) is 8.18. The summed E-state index contributed by atoms with van der Waals surface area (Å²) in [6, 6.07) is 6.41. The van der Waals surface area contributed by atoms with Gasteiger partial charge in [-0.1, -0.05) is 19.1 Å². The summed E-state index contributed by atoms with van der Waals surface area (Å²) >= 11 is 0. The van der Waals surface area contributed by atoms with Gasteiger partial charge in [0.2, 0.25) is 0 Å². The number of fused-ring (bicyclic) bond motifs is 1. The van der Waals surface area contributed by atoms with Crippen LogP contribution in [0, 0.1) is 0 Å². The smallest absolute Gasteiger partial charge is 0.122 e. The Morgan fingerprint density at radius 3 is 2.83 bits per heavy atom. The van der Waals surface area contributed by atoms with Gasteiger partial charge in [0.05, 0.1) is 7.11 Å². The Balaban J connectivity index is 0.00000162. The highest BCUT2D eigenvalue weighted by Gasteiger charge is 2.30. The Bertz CT molecular complexity index is 394. The van der Waals surface area contributed by atoms with E-state index >= 15 is 0 Å². The maximum absolute atomic E-state index is 5.44. The average Bonchev–Trinajstić information content (AvgIpc) is 2.35. The minimum Gasteiger partial charge on any atom is -0.496 e. The van der Waals surface area contributed by atoms with E-state index in [1.165, 1.54) is 24.0 Å². The van der Waals surface area contributed by atoms with Crippen molar-refractivity contribution in [2.75, 3.05) is 13.7 Å². The zero-order valence-corrected chi connectivity index (χ0v) is 12.4. The minimum absolute atomic E-state index is 0. The van der Waals surface area contributed by atoms with E-state index in [9.17, 15) is 0 Å². The first-order valence-corrected chi connectivity index (χ1v) is 6.58. The lowest BCUT2D eigenvalue weighted by Crippen LogP contribution is -2.47. The molecule has 0 heterocycles. The minimum atomic E-state index is 0. The topological polar surface area (TPSA) is 21.3 Å². The molecule has 0 saturated heterocycles. The monoisotopic (exact) mass is 269 g/mol. The molecule has 0 bridgehead atoms. The molecule has 0 radical (unpaired) electrons. The van der Waals surface area contributed by atoms with Gasteiger partial charge in [0, 0.05) is 5.54 Å². The Hall–Kier alpha value is -0.730. The van der Waals surface area contributed by atoms with Crippen LogP contribution in [0.5, 0.6) is 5.75 Å². The van der Waals surface area contributed by atoms with Gasteiger partial charge in [0.15, 0.2) is 0 Å². The van der Waals surface area contributed by atoms with Crippen LogP contribution in [-0.2, 0) is 12.8 Å². The van der Waals surface area contributed by atoms with E-state index in [1.54, 1.807) is 7.11 Å². The van der Waals surface area contributed by atoms with Crippen LogP contribution in [0.2, 0.25) is 0 Å². The zero-order chi connectivity index (χ0) is 12.3. The van der Waals surface area contributed by atoms with Crippen LogP contribution in [0.1, 0.15) is 37.8 Å². The van der Waals surface area contributed by atoms with Gasteiger partial charge in [-0.25, -0.2) is 0 Å². The van der Waals surface area contributed by atoms with E-state index in [1.807, 2.05) is 0 Å². The van der Waals surface area contributed by atoms with Gasteiger partial charge in [-0.3, -0.25) is 0 Å². The third-order valence-corrected chi connectivity index (χ3v) is 3.76. The van der Waals surface area contributed by atoms with E-state index < -0.39 is 0 Å². The molecule has 1 aromatic carbocycles. The van der Waals surface area contributed by atoms with Crippen molar-refractivity contribution in [3.8, 4) is 5.75 Å². The zero-order valence-electron chi connectivity index (χ0n) is 11.6. The standard InChI is InChI=1S/C15H23NO.ClH/c1-4-10-16-15(2)9-8-13-12(11-15)6-5-7-14(13)17-3;/h5-7,16H,4,8-11H2,1-3H3;1H. The molecule has 1 atom stereocenters. The molecule has 0 amide bonds. The SMILES string of the molecule is CCCNC1(C)CCc2c(cccc2OC)C1.Cl. The molecular formula is C15H24ClNO. The fraction of sp³-hybridized carbons (Fsp3) is 0.600. The van der Waals surface area contributed by atoms with Gasteiger partial charge in [-0.15, -0.1) is 12.4 Å². The van der Waals surface area contributed by atoms with Crippen molar-refractivity contribution in [1.29, 1.82) is 0 Å². The van der Waals surface area contributed by atoms with Gasteiger partial charge in [0.1, 0.15) is 5.75 Å². The predicted octanol–water partition coefficient (Wildman–Crippen LogP) is 3.36. The van der Waals surface area contributed by atoms with Crippen LogP contribution >= 0.6 is 12.4 Å². The summed E-state index contributed by atoms with van der Waals surface area (Å²) in [6.07, 6.45) is 4.62. The number of methoxy groups -OCH3 is 1. The summed E-state index contributed by atoms with van der Waals surface area (Å²) in [5.41, 5.74) is 3.11. The van der Waals surface area contributed by atoms with E-state index in [2.05, 4.69) is 37.4 Å². The van der Waals surface area contributed by atoms with Crippen LogP contribution < -0.4 is 10.1 Å². The van der Waals surface area contributed by atoms with Crippen LogP contribution in [0.4, 0.5) is 0 Å². The number of ether oxygens (including phenoxy) is 1. The van der Waals surface area contributed by atoms with Crippen LogP contribution in [0.25, 0.3) is 0 Å². The molecular weight excluding hydrogens is 246 g/mol. The number of rotatable bonds is 4. The normalized spacial score (nSPS) is 21.9. The summed E-state index contributed by atoms with van der Waals surface area (Å²) in [6.45, 7) is 5.66. The lowest BCUT2D eigenvalue weighted by molar-refractivity contribution is 0.309. The fourth-order valence-electron chi connectivity index (χ4n) is 2.74. The molecule has 1 aromatic rings. The second-order valence-electron chi connectivity index (χ2n) is 5.26. The highest BCUT2D eigenvalue weighted by atomic mass is 35.5. The van der Waals surface area contributed by atoms with E-state index in [0.29, 0.717) is 0 Å². The molecule has 0 aromatic heterocycles. The van der Waals surface area contributed by atoms with Gasteiger partial charge >= 0.3 is 0 Å². The summed E-state index contributed by atoms with van der Waals surface area (Å²) in [5.74, 6) is 1.06. The number of nitrogens with one attached hydrogen (secondary N) is 1. The van der Waals surface area contributed by atoms with Crippen LogP contribution in [-0.4, -0.2) is 19.2 Å². The number of benzene rings is 1. The maximum atomic E-state index is 5.44. The summed E-state index contributed by atoms with van der Waals surface area (Å²) in [5, 5.41) is 3.69. The summed E-state index contributed by atoms with van der Waals surface area (Å²) in [7, 11) is 1.76. The fourth-order valence-corrected chi connectivity index (χ4v) is 2.74. The average molecular weight is 270 g/mol. The van der Waals surface area contributed by atoms with Crippen molar-refractivity contribution in [2.45, 2.75) is 45.1 Å². The third-order valence-electron chi connectivity index (χ3n) is 3.76. The van der Waals surface area contributed by atoms with E-state index in [4.69, 9.17) is 4.74 Å². The molecule has 0 spiro atoms. The molecule has 2 rings (SSSR count). The van der Waals surface area contributed by atoms with Crippen molar-refractivity contribution in [2.24, 2.45) is 0 Å². The predicted molar refractivity (Wildman–Crippen MR) is 79.0 cm³/mol. The molecule has 0 aliphatic heterocycles. The van der Waals surface area contributed by atoms with Crippen molar-refractivity contribution in [3.63, 3.8) is 0 Å². The number of hydrogen-bond donors (Lipinski definition) is 1. The highest BCUT2D eigenvalue weighted by Crippen LogP contribution is 2.33. The molecule has 1 unspecified atom stereocenters. The number of halogens is 1. The Morgan fingerprint density at radius 1 is 1.39 bits per heavy atom. The Morgan fingerprint density at radius 2 is 2.17 bits per heavy atom. The molecule has 1 N–H and O–H groups in total. The van der Waals surface area contributed by atoms with Crippen molar-refractivity contribution in [3.05, 3.63) is 29.3 Å².